The first-order chi connectivity index (χ1) is 9.55. The Morgan fingerprint density at radius 3 is 2.38 bits per heavy atom. The summed E-state index contributed by atoms with van der Waals surface area (Å²) >= 11 is 11.8. The van der Waals surface area contributed by atoms with Gasteiger partial charge in [0.15, 0.2) is 6.61 Å². The largest absolute Gasteiger partial charge is 0.482 e. The second-order valence-corrected chi connectivity index (χ2v) is 6.91. The number of nitrogens with zero attached hydrogens (tertiary/aromatic N) is 1. The third-order valence-electron chi connectivity index (χ3n) is 2.84. The van der Waals surface area contributed by atoms with Gasteiger partial charge in [-0.3, -0.25) is 4.79 Å². The number of sulfonamides is 1. The van der Waals surface area contributed by atoms with Crippen LogP contribution in [0.25, 0.3) is 0 Å². The highest BCUT2D eigenvalue weighted by atomic mass is 35.5. The van der Waals surface area contributed by atoms with E-state index in [2.05, 4.69) is 0 Å². The van der Waals surface area contributed by atoms with E-state index in [1.54, 1.807) is 7.05 Å². The summed E-state index contributed by atoms with van der Waals surface area (Å²) in [6, 6.07) is 2.51. The number of carbonyl (C=O) groups excluding carboxylic acids is 1. The van der Waals surface area contributed by atoms with Crippen LogP contribution in [-0.2, 0) is 14.8 Å². The zero-order valence-electron chi connectivity index (χ0n) is 11.8. The molecule has 0 saturated carbocycles. The fourth-order valence-corrected chi connectivity index (χ4v) is 2.74. The Labute approximate surface area is 133 Å². The first kappa shape index (κ1) is 18.0. The molecule has 0 saturated heterocycles. The van der Waals surface area contributed by atoms with Crippen molar-refractivity contribution >= 4 is 39.1 Å². The molecule has 9 heteroatoms. The van der Waals surface area contributed by atoms with E-state index in [0.717, 1.165) is 0 Å². The van der Waals surface area contributed by atoms with E-state index in [0.29, 0.717) is 0 Å². The van der Waals surface area contributed by atoms with Crippen LogP contribution in [-0.4, -0.2) is 38.9 Å². The third kappa shape index (κ3) is 4.47. The quantitative estimate of drug-likeness (QED) is 0.873. The first-order valence-electron chi connectivity index (χ1n) is 5.95. The molecule has 0 spiro atoms. The van der Waals surface area contributed by atoms with Crippen molar-refractivity contribution < 1.29 is 17.9 Å². The lowest BCUT2D eigenvalue weighted by Crippen LogP contribution is -2.36. The van der Waals surface area contributed by atoms with Crippen LogP contribution < -0.4 is 9.88 Å². The maximum absolute atomic E-state index is 11.8. The molecular weight excluding hydrogens is 339 g/mol. The average molecular weight is 355 g/mol. The lowest BCUT2D eigenvalue weighted by Gasteiger charge is -2.21. The maximum atomic E-state index is 11.8. The molecule has 1 amide bonds. The van der Waals surface area contributed by atoms with Gasteiger partial charge in [0.1, 0.15) is 15.7 Å². The molecule has 21 heavy (non-hydrogen) atoms. The Morgan fingerprint density at radius 1 is 1.33 bits per heavy atom. The van der Waals surface area contributed by atoms with Gasteiger partial charge in [-0.15, -0.1) is 0 Å². The van der Waals surface area contributed by atoms with Crippen molar-refractivity contribution in [1.29, 1.82) is 0 Å². The monoisotopic (exact) mass is 354 g/mol. The summed E-state index contributed by atoms with van der Waals surface area (Å²) in [7, 11) is -2.33. The molecule has 0 aliphatic rings. The van der Waals surface area contributed by atoms with Crippen LogP contribution in [0.15, 0.2) is 17.0 Å². The molecule has 6 nitrogen and oxygen atoms in total. The highest BCUT2D eigenvalue weighted by Gasteiger charge is 2.20. The summed E-state index contributed by atoms with van der Waals surface area (Å²) in [5, 5.41) is 4.66. The minimum Gasteiger partial charge on any atom is -0.482 e. The normalized spacial score (nSPS) is 11.6. The third-order valence-corrected chi connectivity index (χ3v) is 4.77. The van der Waals surface area contributed by atoms with Crippen molar-refractivity contribution in [2.75, 3.05) is 13.7 Å². The molecule has 118 valence electrons. The highest BCUT2D eigenvalue weighted by molar-refractivity contribution is 7.89. The fraction of sp³-hybridized carbons (Fsp3) is 0.417. The molecule has 0 aromatic heterocycles. The molecule has 0 atom stereocenters. The summed E-state index contributed by atoms with van der Waals surface area (Å²) < 4.78 is 27.8. The minimum atomic E-state index is -3.98. The van der Waals surface area contributed by atoms with Gasteiger partial charge < -0.3 is 9.64 Å². The summed E-state index contributed by atoms with van der Waals surface area (Å²) in [6.07, 6.45) is 0. The van der Waals surface area contributed by atoms with E-state index in [9.17, 15) is 13.2 Å². The SMILES string of the molecule is CC(C)N(C)C(=O)COc1ccc(S(N)(=O)=O)c(Cl)c1Cl. The molecule has 1 rings (SSSR count). The minimum absolute atomic E-state index is 0.0323. The van der Waals surface area contributed by atoms with E-state index in [1.165, 1.54) is 17.0 Å². The fourth-order valence-electron chi connectivity index (χ4n) is 1.37. The van der Waals surface area contributed by atoms with Crippen molar-refractivity contribution in [3.8, 4) is 5.75 Å². The Kier molecular flexibility index (Phi) is 5.86. The predicted molar refractivity (Wildman–Crippen MR) is 81.2 cm³/mol. The van der Waals surface area contributed by atoms with Gasteiger partial charge in [0.2, 0.25) is 10.0 Å². The van der Waals surface area contributed by atoms with Gasteiger partial charge in [0.25, 0.3) is 5.91 Å². The number of nitrogens with two attached hydrogens (primary N) is 1. The van der Waals surface area contributed by atoms with Crippen molar-refractivity contribution in [2.24, 2.45) is 5.14 Å². The second-order valence-electron chi connectivity index (χ2n) is 4.62. The molecule has 0 fully saturated rings. The van der Waals surface area contributed by atoms with Gasteiger partial charge in [-0.05, 0) is 26.0 Å². The van der Waals surface area contributed by atoms with E-state index in [4.69, 9.17) is 33.1 Å². The smallest absolute Gasteiger partial charge is 0.260 e. The number of hydrogen-bond donors (Lipinski definition) is 1. The lowest BCUT2D eigenvalue weighted by atomic mass is 10.3. The van der Waals surface area contributed by atoms with Crippen molar-refractivity contribution in [2.45, 2.75) is 24.8 Å². The molecule has 0 bridgehead atoms. The van der Waals surface area contributed by atoms with Crippen LogP contribution >= 0.6 is 23.2 Å². The van der Waals surface area contributed by atoms with Crippen LogP contribution in [0, 0.1) is 0 Å². The topological polar surface area (TPSA) is 89.7 Å². The zero-order valence-corrected chi connectivity index (χ0v) is 14.1. The first-order valence-corrected chi connectivity index (χ1v) is 8.25. The van der Waals surface area contributed by atoms with E-state index < -0.39 is 10.0 Å². The van der Waals surface area contributed by atoms with Crippen LogP contribution in [0.1, 0.15) is 13.8 Å². The summed E-state index contributed by atoms with van der Waals surface area (Å²) in [6.45, 7) is 3.49. The zero-order chi connectivity index (χ0) is 16.4. The van der Waals surface area contributed by atoms with Crippen LogP contribution in [0.2, 0.25) is 10.0 Å². The number of primary sulfonamides is 1. The number of hydrogen-bond acceptors (Lipinski definition) is 4. The van der Waals surface area contributed by atoms with E-state index in [-0.39, 0.29) is 39.2 Å². The molecule has 0 radical (unpaired) electrons. The Hall–Kier alpha value is -1.02. The number of ether oxygens (including phenoxy) is 1. The standard InChI is InChI=1S/C12H16Cl2N2O4S/c1-7(2)16(3)10(17)6-20-8-4-5-9(21(15,18)19)12(14)11(8)13/h4-5,7H,6H2,1-3H3,(H2,15,18,19). The van der Waals surface area contributed by atoms with Crippen molar-refractivity contribution in [1.82, 2.24) is 4.90 Å². The number of rotatable bonds is 5. The molecule has 0 aliphatic carbocycles. The van der Waals surface area contributed by atoms with E-state index in [1.807, 2.05) is 13.8 Å². The average Bonchev–Trinajstić information content (AvgIpc) is 2.37. The molecule has 1 aromatic carbocycles. The van der Waals surface area contributed by atoms with Gasteiger partial charge in [0, 0.05) is 13.1 Å². The summed E-state index contributed by atoms with van der Waals surface area (Å²) in [5.41, 5.74) is 0. The predicted octanol–water partition coefficient (Wildman–Crippen LogP) is 1.89. The molecule has 0 aliphatic heterocycles. The lowest BCUT2D eigenvalue weighted by molar-refractivity contribution is -0.133. The van der Waals surface area contributed by atoms with Gasteiger partial charge in [-0.1, -0.05) is 23.2 Å². The Balaban J connectivity index is 2.93. The summed E-state index contributed by atoms with van der Waals surface area (Å²) in [5.74, 6) is -0.132. The molecular formula is C12H16Cl2N2O4S. The molecule has 1 aromatic rings. The van der Waals surface area contributed by atoms with Crippen LogP contribution in [0.3, 0.4) is 0 Å². The van der Waals surface area contributed by atoms with Gasteiger partial charge >= 0.3 is 0 Å². The van der Waals surface area contributed by atoms with Gasteiger partial charge in [0.05, 0.1) is 5.02 Å². The number of likely N-dealkylation sites (N-methyl/N-ethyl adjacent to an activating group) is 1. The Bertz CT molecular complexity index is 647. The van der Waals surface area contributed by atoms with Gasteiger partial charge in [-0.25, -0.2) is 13.6 Å². The number of halogens is 2. The number of benzene rings is 1. The second kappa shape index (κ2) is 6.83. The van der Waals surface area contributed by atoms with Gasteiger partial charge in [-0.2, -0.15) is 0 Å². The number of carbonyl (C=O) groups is 1. The van der Waals surface area contributed by atoms with Crippen LogP contribution in [0.4, 0.5) is 0 Å². The van der Waals surface area contributed by atoms with Crippen LogP contribution in [0.5, 0.6) is 5.75 Å². The molecule has 2 N–H and O–H groups in total. The van der Waals surface area contributed by atoms with E-state index >= 15 is 0 Å². The maximum Gasteiger partial charge on any atom is 0.260 e. The molecule has 0 heterocycles. The molecule has 0 unspecified atom stereocenters. The number of amides is 1. The highest BCUT2D eigenvalue weighted by Crippen LogP contribution is 2.36. The van der Waals surface area contributed by atoms with Crippen molar-refractivity contribution in [3.63, 3.8) is 0 Å². The summed E-state index contributed by atoms with van der Waals surface area (Å²) in [4.78, 5) is 13.0. The Morgan fingerprint density at radius 2 is 1.90 bits per heavy atom. The van der Waals surface area contributed by atoms with Crippen molar-refractivity contribution in [3.05, 3.63) is 22.2 Å².